The molecule has 4 nitrogen and oxygen atoms in total. The minimum Gasteiger partial charge on any atom is -0.508 e. The van der Waals surface area contributed by atoms with E-state index in [0.717, 1.165) is 37.5 Å². The Morgan fingerprint density at radius 3 is 2.71 bits per heavy atom. The molecule has 1 aromatic rings. The van der Waals surface area contributed by atoms with E-state index >= 15 is 0 Å². The maximum absolute atomic E-state index is 9.93. The number of aromatic hydroxyl groups is 1. The minimum absolute atomic E-state index is 0.215. The molecule has 0 spiro atoms. The van der Waals surface area contributed by atoms with Gasteiger partial charge in [-0.15, -0.1) is 0 Å². The van der Waals surface area contributed by atoms with Gasteiger partial charge in [0.05, 0.1) is 7.11 Å². The molecule has 94 valence electrons. The van der Waals surface area contributed by atoms with Crippen molar-refractivity contribution in [2.24, 2.45) is 0 Å². The number of nitrogens with zero attached hydrogens (tertiary/aromatic N) is 1. The molecule has 1 atom stereocenters. The van der Waals surface area contributed by atoms with E-state index < -0.39 is 0 Å². The van der Waals surface area contributed by atoms with Gasteiger partial charge < -0.3 is 15.2 Å². The third-order valence-electron chi connectivity index (χ3n) is 3.38. The first kappa shape index (κ1) is 12.2. The Balaban J connectivity index is 2.19. The molecular weight excluding hydrogens is 216 g/mol. The van der Waals surface area contributed by atoms with Crippen LogP contribution in [0.1, 0.15) is 18.5 Å². The lowest BCUT2D eigenvalue weighted by molar-refractivity contribution is 0.182. The second-order valence-electron chi connectivity index (χ2n) is 4.39. The molecule has 0 aliphatic carbocycles. The Morgan fingerprint density at radius 2 is 2.06 bits per heavy atom. The van der Waals surface area contributed by atoms with Gasteiger partial charge in [0.25, 0.3) is 0 Å². The molecule has 1 fully saturated rings. The quantitative estimate of drug-likeness (QED) is 0.832. The topological polar surface area (TPSA) is 44.7 Å². The van der Waals surface area contributed by atoms with Crippen LogP contribution in [0.5, 0.6) is 11.5 Å². The zero-order chi connectivity index (χ0) is 12.3. The van der Waals surface area contributed by atoms with Crippen LogP contribution in [0.2, 0.25) is 0 Å². The number of phenols is 1. The fraction of sp³-hybridized carbons (Fsp3) is 0.538. The largest absolute Gasteiger partial charge is 0.508 e. The normalized spacial score (nSPS) is 18.9. The van der Waals surface area contributed by atoms with Crippen molar-refractivity contribution in [1.29, 1.82) is 0 Å². The molecule has 0 amide bonds. The van der Waals surface area contributed by atoms with Gasteiger partial charge in [-0.2, -0.15) is 0 Å². The average Bonchev–Trinajstić information content (AvgIpc) is 2.39. The Hall–Kier alpha value is -1.26. The molecule has 0 saturated carbocycles. The summed E-state index contributed by atoms with van der Waals surface area (Å²) in [5, 5.41) is 13.3. The van der Waals surface area contributed by atoms with Gasteiger partial charge in [-0.1, -0.05) is 0 Å². The molecule has 2 N–H and O–H groups in total. The van der Waals surface area contributed by atoms with E-state index in [0.29, 0.717) is 5.75 Å². The Bertz CT molecular complexity index is 376. The molecule has 0 unspecified atom stereocenters. The lowest BCUT2D eigenvalue weighted by Crippen LogP contribution is -2.44. The molecule has 0 aromatic heterocycles. The summed E-state index contributed by atoms with van der Waals surface area (Å²) in [5.41, 5.74) is 0.936. The van der Waals surface area contributed by atoms with Gasteiger partial charge in [-0.05, 0) is 25.1 Å². The number of hydrogen-bond acceptors (Lipinski definition) is 4. The van der Waals surface area contributed by atoms with Gasteiger partial charge in [-0.3, -0.25) is 4.90 Å². The number of methoxy groups -OCH3 is 1. The van der Waals surface area contributed by atoms with E-state index in [4.69, 9.17) is 4.74 Å². The third kappa shape index (κ3) is 2.70. The summed E-state index contributed by atoms with van der Waals surface area (Å²) < 4.78 is 5.21. The van der Waals surface area contributed by atoms with Crippen LogP contribution in [0.15, 0.2) is 18.2 Å². The molecule has 1 aliphatic rings. The average molecular weight is 236 g/mol. The molecule has 4 heteroatoms. The van der Waals surface area contributed by atoms with Crippen LogP contribution in [0, 0.1) is 0 Å². The molecule has 0 bridgehead atoms. The van der Waals surface area contributed by atoms with Gasteiger partial charge in [0.15, 0.2) is 0 Å². The Morgan fingerprint density at radius 1 is 1.35 bits per heavy atom. The fourth-order valence-corrected chi connectivity index (χ4v) is 2.26. The molecule has 1 aromatic carbocycles. The van der Waals surface area contributed by atoms with Gasteiger partial charge in [0.2, 0.25) is 0 Å². The fourth-order valence-electron chi connectivity index (χ4n) is 2.26. The van der Waals surface area contributed by atoms with Crippen molar-refractivity contribution in [2.45, 2.75) is 13.0 Å². The molecule has 1 saturated heterocycles. The SMILES string of the molecule is COc1ccc(O)c([C@H](C)N2CCNCC2)c1. The van der Waals surface area contributed by atoms with E-state index in [1.54, 1.807) is 19.2 Å². The molecule has 0 radical (unpaired) electrons. The highest BCUT2D eigenvalue weighted by molar-refractivity contribution is 5.41. The molecule has 2 rings (SSSR count). The first-order chi connectivity index (χ1) is 8.22. The van der Waals surface area contributed by atoms with Crippen molar-refractivity contribution in [1.82, 2.24) is 10.2 Å². The number of ether oxygens (including phenoxy) is 1. The van der Waals surface area contributed by atoms with E-state index in [-0.39, 0.29) is 6.04 Å². The van der Waals surface area contributed by atoms with Crippen LogP contribution in [0.4, 0.5) is 0 Å². The summed E-state index contributed by atoms with van der Waals surface area (Å²) in [6.45, 7) is 6.17. The summed E-state index contributed by atoms with van der Waals surface area (Å²) in [5.74, 6) is 1.14. The summed E-state index contributed by atoms with van der Waals surface area (Å²) in [4.78, 5) is 2.37. The number of benzene rings is 1. The summed E-state index contributed by atoms with van der Waals surface area (Å²) in [6, 6.07) is 5.62. The highest BCUT2D eigenvalue weighted by atomic mass is 16.5. The number of piperazine rings is 1. The predicted molar refractivity (Wildman–Crippen MR) is 67.5 cm³/mol. The number of rotatable bonds is 3. The summed E-state index contributed by atoms with van der Waals surface area (Å²) >= 11 is 0. The zero-order valence-corrected chi connectivity index (χ0v) is 10.4. The van der Waals surface area contributed by atoms with E-state index in [2.05, 4.69) is 17.1 Å². The van der Waals surface area contributed by atoms with Crippen LogP contribution in [0.3, 0.4) is 0 Å². The van der Waals surface area contributed by atoms with Crippen LogP contribution < -0.4 is 10.1 Å². The van der Waals surface area contributed by atoms with E-state index in [9.17, 15) is 5.11 Å². The van der Waals surface area contributed by atoms with Crippen molar-refractivity contribution in [3.63, 3.8) is 0 Å². The van der Waals surface area contributed by atoms with Crippen LogP contribution in [-0.4, -0.2) is 43.3 Å². The Labute approximate surface area is 102 Å². The van der Waals surface area contributed by atoms with Crippen molar-refractivity contribution >= 4 is 0 Å². The lowest BCUT2D eigenvalue weighted by atomic mass is 10.0. The van der Waals surface area contributed by atoms with Gasteiger partial charge in [0.1, 0.15) is 11.5 Å². The van der Waals surface area contributed by atoms with Gasteiger partial charge >= 0.3 is 0 Å². The first-order valence-corrected chi connectivity index (χ1v) is 6.04. The van der Waals surface area contributed by atoms with Crippen molar-refractivity contribution in [2.75, 3.05) is 33.3 Å². The van der Waals surface area contributed by atoms with Gasteiger partial charge in [-0.25, -0.2) is 0 Å². The van der Waals surface area contributed by atoms with Gasteiger partial charge in [0, 0.05) is 37.8 Å². The highest BCUT2D eigenvalue weighted by Gasteiger charge is 2.20. The van der Waals surface area contributed by atoms with Crippen molar-refractivity contribution in [3.8, 4) is 11.5 Å². The van der Waals surface area contributed by atoms with Crippen LogP contribution in [-0.2, 0) is 0 Å². The number of hydrogen-bond donors (Lipinski definition) is 2. The smallest absolute Gasteiger partial charge is 0.120 e. The Kier molecular flexibility index (Phi) is 3.86. The van der Waals surface area contributed by atoms with Crippen LogP contribution >= 0.6 is 0 Å². The monoisotopic (exact) mass is 236 g/mol. The third-order valence-corrected chi connectivity index (χ3v) is 3.38. The zero-order valence-electron chi connectivity index (χ0n) is 10.4. The second kappa shape index (κ2) is 5.38. The number of phenolic OH excluding ortho intramolecular Hbond substituents is 1. The van der Waals surface area contributed by atoms with Crippen LogP contribution in [0.25, 0.3) is 0 Å². The van der Waals surface area contributed by atoms with Crippen molar-refractivity contribution < 1.29 is 9.84 Å². The van der Waals surface area contributed by atoms with E-state index in [1.807, 2.05) is 6.07 Å². The highest BCUT2D eigenvalue weighted by Crippen LogP contribution is 2.31. The maximum atomic E-state index is 9.93. The summed E-state index contributed by atoms with van der Waals surface area (Å²) in [7, 11) is 1.64. The standard InChI is InChI=1S/C13H20N2O2/c1-10(15-7-5-14-6-8-15)12-9-11(17-2)3-4-13(12)16/h3-4,9-10,14,16H,5-8H2,1-2H3/t10-/m0/s1. The lowest BCUT2D eigenvalue weighted by Gasteiger charge is -2.33. The molecule has 1 heterocycles. The summed E-state index contributed by atoms with van der Waals surface area (Å²) in [6.07, 6.45) is 0. The molecule has 1 aliphatic heterocycles. The predicted octanol–water partition coefficient (Wildman–Crippen LogP) is 1.37. The van der Waals surface area contributed by atoms with Crippen molar-refractivity contribution in [3.05, 3.63) is 23.8 Å². The molecular formula is C13H20N2O2. The van der Waals surface area contributed by atoms with E-state index in [1.165, 1.54) is 0 Å². The number of nitrogens with one attached hydrogen (secondary N) is 1. The first-order valence-electron chi connectivity index (χ1n) is 6.04. The maximum Gasteiger partial charge on any atom is 0.120 e. The molecule has 17 heavy (non-hydrogen) atoms. The minimum atomic E-state index is 0.215. The second-order valence-corrected chi connectivity index (χ2v) is 4.39.